The van der Waals surface area contributed by atoms with Gasteiger partial charge in [-0.3, -0.25) is 0 Å². The number of halogens is 4. The van der Waals surface area contributed by atoms with Crippen molar-refractivity contribution in [1.29, 1.82) is 0 Å². The molecule has 0 heterocycles. The summed E-state index contributed by atoms with van der Waals surface area (Å²) in [6.45, 7) is 0. The molecule has 0 aliphatic rings. The van der Waals surface area contributed by atoms with Gasteiger partial charge in [-0.25, -0.2) is 0 Å². The predicted octanol–water partition coefficient (Wildman–Crippen LogP) is 4.57. The van der Waals surface area contributed by atoms with Crippen molar-refractivity contribution in [3.8, 4) is 0 Å². The molecule has 0 amide bonds. The molecule has 0 aliphatic heterocycles. The van der Waals surface area contributed by atoms with Crippen molar-refractivity contribution in [3.63, 3.8) is 0 Å². The van der Waals surface area contributed by atoms with E-state index < -0.39 is 0 Å². The summed E-state index contributed by atoms with van der Waals surface area (Å²) >= 11 is 12.4. The number of hydrogen-bond acceptors (Lipinski definition) is 0. The van der Waals surface area contributed by atoms with Crippen LogP contribution in [0.25, 0.3) is 0 Å². The van der Waals surface area contributed by atoms with E-state index in [9.17, 15) is 0 Å². The van der Waals surface area contributed by atoms with E-state index in [0.29, 0.717) is 12.0 Å². The zero-order chi connectivity index (χ0) is 5.41. The number of rotatable bonds is 0. The fraction of sp³-hybridized carbons (Fsp3) is 0. The van der Waals surface area contributed by atoms with E-state index in [1.807, 2.05) is 0 Å². The fourth-order valence-electron chi connectivity index (χ4n) is 0. The molecule has 0 radical (unpaired) electrons. The Balaban J connectivity index is -0.0000000400. The Morgan fingerprint density at radius 2 is 0.714 bits per heavy atom. The maximum atomic E-state index is 3.09. The van der Waals surface area contributed by atoms with E-state index in [2.05, 4.69) is 62.0 Å². The summed E-state index contributed by atoms with van der Waals surface area (Å²) in [6, 6.07) is 0. The molecular weight excluding hydrogens is 440 g/mol. The molecule has 0 fully saturated rings. The van der Waals surface area contributed by atoms with Crippen LogP contribution in [0.3, 0.4) is 0 Å². The topological polar surface area (TPSA) is 0 Å². The molecule has 0 aromatic carbocycles. The summed E-state index contributed by atoms with van der Waals surface area (Å²) in [5.41, 5.74) is 0. The van der Waals surface area contributed by atoms with Crippen molar-refractivity contribution < 1.29 is 16.5 Å². The molecule has 0 saturated carbocycles. The Bertz CT molecular complexity index is 11.7. The molecule has 0 N–H and O–H groups in total. The van der Waals surface area contributed by atoms with Gasteiger partial charge in [0, 0.05) is 28.5 Å². The Morgan fingerprint density at radius 3 is 0.714 bits per heavy atom. The first-order valence-electron chi connectivity index (χ1n) is 0.756. The van der Waals surface area contributed by atoms with Crippen molar-refractivity contribution in [2.45, 2.75) is 0 Å². The molecule has 0 aliphatic carbocycles. The van der Waals surface area contributed by atoms with Crippen LogP contribution in [0, 0.1) is 0 Å². The predicted molar refractivity (Wildman–Crippen MR) is 52.3 cm³/mol. The van der Waals surface area contributed by atoms with Crippen LogP contribution >= 0.6 is 73.9 Å². The molecule has 0 saturated heterocycles. The minimum Gasteiger partial charge on any atom is -0.0512 e. The van der Waals surface area contributed by atoms with Crippen LogP contribution in [0.1, 0.15) is 0 Å². The Labute approximate surface area is 89.2 Å². The smallest absolute Gasteiger partial charge is 0.0203 e. The first kappa shape index (κ1) is 16.7. The van der Waals surface area contributed by atoms with Crippen LogP contribution in [0.2, 0.25) is 0 Å². The second-order valence-electron chi connectivity index (χ2n) is 0.143. The third kappa shape index (κ3) is 45.8. The van der Waals surface area contributed by atoms with Crippen LogP contribution in [0.5, 0.6) is 0 Å². The zero-order valence-electron chi connectivity index (χ0n) is 2.83. The molecule has 0 bridgehead atoms. The maximum Gasteiger partial charge on any atom is 0.0203 e. The monoisotopic (exact) mass is 438 g/mol. The summed E-state index contributed by atoms with van der Waals surface area (Å²) in [5, 5.41) is 0. The molecule has 0 aromatic rings. The number of hydrogen-bond donors (Lipinski definition) is 0. The van der Waals surface area contributed by atoms with Crippen molar-refractivity contribution in [3.05, 3.63) is 0 Å². The maximum absolute atomic E-state index is 3.09. The second kappa shape index (κ2) is 22.8. The van der Waals surface area contributed by atoms with E-state index >= 15 is 0 Å². The van der Waals surface area contributed by atoms with Crippen LogP contribution in [0.15, 0.2) is 0 Å². The molecule has 0 unspecified atom stereocenters. The average Bonchev–Trinajstić information content (AvgIpc) is 1.39. The van der Waals surface area contributed by atoms with E-state index in [-0.39, 0.29) is 16.5 Å². The van der Waals surface area contributed by atoms with Gasteiger partial charge in [-0.15, -0.1) is 0 Å². The average molecular weight is 442 g/mol. The van der Waals surface area contributed by atoms with Gasteiger partial charge in [-0.1, -0.05) is 62.0 Å². The molecule has 0 spiro atoms. The minimum atomic E-state index is 0. The Kier molecular flexibility index (Phi) is 54.5. The normalized spacial score (nSPS) is 5.14. The molecule has 0 atom stereocenters. The minimum absolute atomic E-state index is 0. The van der Waals surface area contributed by atoms with E-state index in [4.69, 9.17) is 0 Å². The Morgan fingerprint density at radius 1 is 0.714 bits per heavy atom. The van der Waals surface area contributed by atoms with Gasteiger partial charge in [-0.05, 0) is 0 Å². The molecular formula is H2Br4NiP2. The zero-order valence-corrected chi connectivity index (χ0v) is 12.2. The molecule has 0 aromatic heterocycles. The Hall–Kier alpha value is 3.27. The molecule has 50 valence electrons. The summed E-state index contributed by atoms with van der Waals surface area (Å²) in [4.78, 5) is 0. The standard InChI is InChI=1S/2Br2HP.Ni/c2*1-3-2;/h2*3H;. The van der Waals surface area contributed by atoms with Crippen LogP contribution in [-0.2, 0) is 16.5 Å². The van der Waals surface area contributed by atoms with Gasteiger partial charge in [0.1, 0.15) is 0 Å². The van der Waals surface area contributed by atoms with Crippen molar-refractivity contribution in [2.24, 2.45) is 0 Å². The first-order valence-corrected chi connectivity index (χ1v) is 11.8. The summed E-state index contributed by atoms with van der Waals surface area (Å²) in [7, 11) is 0. The third-order valence-electron chi connectivity index (χ3n) is 0. The van der Waals surface area contributed by atoms with E-state index in [1.54, 1.807) is 0 Å². The summed E-state index contributed by atoms with van der Waals surface area (Å²) in [6.07, 6.45) is 0. The van der Waals surface area contributed by atoms with Crippen molar-refractivity contribution >= 4 is 73.9 Å². The van der Waals surface area contributed by atoms with Gasteiger partial charge in [0.25, 0.3) is 0 Å². The fourth-order valence-corrected chi connectivity index (χ4v) is 0. The van der Waals surface area contributed by atoms with Gasteiger partial charge in [0.15, 0.2) is 0 Å². The van der Waals surface area contributed by atoms with Gasteiger partial charge in [-0.2, -0.15) is 0 Å². The SMILES string of the molecule is BrPBr.BrPBr.[Ni]. The van der Waals surface area contributed by atoms with E-state index in [0.717, 1.165) is 0 Å². The molecule has 7 heavy (non-hydrogen) atoms. The summed E-state index contributed by atoms with van der Waals surface area (Å²) < 4.78 is 0. The first-order chi connectivity index (χ1) is 2.83. The second-order valence-corrected chi connectivity index (χ2v) is 11.6. The van der Waals surface area contributed by atoms with Gasteiger partial charge in [0.05, 0.1) is 0 Å². The summed E-state index contributed by atoms with van der Waals surface area (Å²) in [5.74, 6) is 1.42. The largest absolute Gasteiger partial charge is 0.0512 e. The third-order valence-corrected chi connectivity index (χ3v) is 0. The van der Waals surface area contributed by atoms with E-state index in [1.165, 1.54) is 0 Å². The van der Waals surface area contributed by atoms with Crippen molar-refractivity contribution in [2.75, 3.05) is 0 Å². The van der Waals surface area contributed by atoms with Gasteiger partial charge < -0.3 is 0 Å². The van der Waals surface area contributed by atoms with Crippen LogP contribution < -0.4 is 0 Å². The van der Waals surface area contributed by atoms with Gasteiger partial charge >= 0.3 is 0 Å². The van der Waals surface area contributed by atoms with Crippen LogP contribution in [-0.4, -0.2) is 0 Å². The quantitative estimate of drug-likeness (QED) is 0.381. The van der Waals surface area contributed by atoms with Crippen molar-refractivity contribution in [1.82, 2.24) is 0 Å². The van der Waals surface area contributed by atoms with Gasteiger partial charge in [0.2, 0.25) is 0 Å². The molecule has 0 rings (SSSR count). The molecule has 7 heteroatoms. The molecule has 0 nitrogen and oxygen atoms in total. The van der Waals surface area contributed by atoms with Crippen LogP contribution in [0.4, 0.5) is 0 Å².